The minimum atomic E-state index is -0.235. The van der Waals surface area contributed by atoms with E-state index in [1.54, 1.807) is 0 Å². The highest BCUT2D eigenvalue weighted by Crippen LogP contribution is 2.19. The van der Waals surface area contributed by atoms with Crippen molar-refractivity contribution in [1.82, 2.24) is 0 Å². The molecule has 100 valence electrons. The lowest BCUT2D eigenvalue weighted by atomic mass is 10.0. The Kier molecular flexibility index (Phi) is 5.21. The molecule has 2 atom stereocenters. The van der Waals surface area contributed by atoms with Gasteiger partial charge in [-0.2, -0.15) is 0 Å². The van der Waals surface area contributed by atoms with Crippen LogP contribution in [0.25, 0.3) is 0 Å². The minimum absolute atomic E-state index is 0.235. The predicted octanol–water partition coefficient (Wildman–Crippen LogP) is 3.11. The summed E-state index contributed by atoms with van der Waals surface area (Å²) in [5.74, 6) is 0. The zero-order valence-electron chi connectivity index (χ0n) is 11.3. The summed E-state index contributed by atoms with van der Waals surface area (Å²) in [5.41, 5.74) is 2.58. The van der Waals surface area contributed by atoms with Crippen LogP contribution in [0, 0.1) is 0 Å². The molecule has 0 radical (unpaired) electrons. The van der Waals surface area contributed by atoms with Gasteiger partial charge in [0.2, 0.25) is 0 Å². The summed E-state index contributed by atoms with van der Waals surface area (Å²) in [6, 6.07) is 8.58. The molecule has 2 heteroatoms. The van der Waals surface area contributed by atoms with E-state index in [0.717, 1.165) is 38.7 Å². The topological polar surface area (TPSA) is 29.5 Å². The zero-order chi connectivity index (χ0) is 12.8. The highest BCUT2D eigenvalue weighted by Gasteiger charge is 2.17. The standard InChI is InChI=1S/C16H24O2/c1-2-13-5-7-14(8-6-13)12-15(17)9-10-16-4-3-11-18-16/h5-8,15-17H,2-4,9-12H2,1H3. The third kappa shape index (κ3) is 4.11. The normalized spacial score (nSPS) is 21.1. The van der Waals surface area contributed by atoms with Gasteiger partial charge in [-0.15, -0.1) is 0 Å². The fraction of sp³-hybridized carbons (Fsp3) is 0.625. The summed E-state index contributed by atoms with van der Waals surface area (Å²) < 4.78 is 5.57. The quantitative estimate of drug-likeness (QED) is 0.838. The second kappa shape index (κ2) is 6.91. The van der Waals surface area contributed by atoms with Gasteiger partial charge in [-0.25, -0.2) is 0 Å². The molecule has 0 bridgehead atoms. The third-order valence-corrected chi connectivity index (χ3v) is 3.75. The van der Waals surface area contributed by atoms with Crippen LogP contribution in [-0.2, 0) is 17.6 Å². The van der Waals surface area contributed by atoms with Gasteiger partial charge in [-0.1, -0.05) is 31.2 Å². The number of aryl methyl sites for hydroxylation is 1. The molecular weight excluding hydrogens is 224 g/mol. The summed E-state index contributed by atoms with van der Waals surface area (Å²) in [5, 5.41) is 10.0. The minimum Gasteiger partial charge on any atom is -0.393 e. The lowest BCUT2D eigenvalue weighted by Crippen LogP contribution is -2.14. The summed E-state index contributed by atoms with van der Waals surface area (Å²) in [6.45, 7) is 3.06. The van der Waals surface area contributed by atoms with Gasteiger partial charge < -0.3 is 9.84 Å². The van der Waals surface area contributed by atoms with E-state index in [4.69, 9.17) is 4.74 Å². The van der Waals surface area contributed by atoms with Crippen molar-refractivity contribution in [1.29, 1.82) is 0 Å². The third-order valence-electron chi connectivity index (χ3n) is 3.75. The Morgan fingerprint density at radius 2 is 2.00 bits per heavy atom. The average molecular weight is 248 g/mol. The molecule has 0 saturated carbocycles. The van der Waals surface area contributed by atoms with Gasteiger partial charge in [0.15, 0.2) is 0 Å². The molecule has 1 aliphatic heterocycles. The maximum atomic E-state index is 10.0. The first-order valence-corrected chi connectivity index (χ1v) is 7.15. The van der Waals surface area contributed by atoms with Crippen LogP contribution in [0.4, 0.5) is 0 Å². The Balaban J connectivity index is 1.73. The van der Waals surface area contributed by atoms with E-state index < -0.39 is 0 Å². The van der Waals surface area contributed by atoms with Gasteiger partial charge in [0.1, 0.15) is 0 Å². The summed E-state index contributed by atoms with van der Waals surface area (Å²) in [4.78, 5) is 0. The van der Waals surface area contributed by atoms with E-state index in [1.807, 2.05) is 0 Å². The van der Waals surface area contributed by atoms with Gasteiger partial charge in [0, 0.05) is 6.61 Å². The van der Waals surface area contributed by atoms with E-state index in [1.165, 1.54) is 17.5 Å². The summed E-state index contributed by atoms with van der Waals surface area (Å²) >= 11 is 0. The molecule has 2 unspecified atom stereocenters. The number of aliphatic hydroxyl groups is 1. The van der Waals surface area contributed by atoms with Gasteiger partial charge in [-0.05, 0) is 49.7 Å². The first-order valence-electron chi connectivity index (χ1n) is 7.15. The Bertz CT molecular complexity index is 339. The Morgan fingerprint density at radius 1 is 1.28 bits per heavy atom. The molecule has 1 aromatic carbocycles. The lowest BCUT2D eigenvalue weighted by Gasteiger charge is -2.14. The van der Waals surface area contributed by atoms with Crippen LogP contribution in [0.2, 0.25) is 0 Å². The second-order valence-electron chi connectivity index (χ2n) is 5.24. The van der Waals surface area contributed by atoms with Crippen LogP contribution in [0.5, 0.6) is 0 Å². The molecule has 0 spiro atoms. The van der Waals surface area contributed by atoms with Crippen LogP contribution >= 0.6 is 0 Å². The molecule has 0 aromatic heterocycles. The smallest absolute Gasteiger partial charge is 0.0581 e. The number of rotatable bonds is 6. The van der Waals surface area contributed by atoms with Crippen LogP contribution in [-0.4, -0.2) is 23.9 Å². The van der Waals surface area contributed by atoms with Crippen molar-refractivity contribution in [2.75, 3.05) is 6.61 Å². The van der Waals surface area contributed by atoms with E-state index in [9.17, 15) is 5.11 Å². The molecule has 18 heavy (non-hydrogen) atoms. The highest BCUT2D eigenvalue weighted by atomic mass is 16.5. The van der Waals surface area contributed by atoms with E-state index in [0.29, 0.717) is 6.10 Å². The molecule has 1 fully saturated rings. The van der Waals surface area contributed by atoms with Gasteiger partial charge in [0.25, 0.3) is 0 Å². The molecule has 1 N–H and O–H groups in total. The van der Waals surface area contributed by atoms with Crippen LogP contribution in [0.3, 0.4) is 0 Å². The number of aliphatic hydroxyl groups excluding tert-OH is 1. The first-order chi connectivity index (χ1) is 8.78. The fourth-order valence-electron chi connectivity index (χ4n) is 2.54. The van der Waals surface area contributed by atoms with Crippen LogP contribution in [0.1, 0.15) is 43.7 Å². The highest BCUT2D eigenvalue weighted by molar-refractivity contribution is 5.22. The Hall–Kier alpha value is -0.860. The number of ether oxygens (including phenoxy) is 1. The van der Waals surface area contributed by atoms with Gasteiger partial charge in [0.05, 0.1) is 12.2 Å². The van der Waals surface area contributed by atoms with Gasteiger partial charge in [-0.3, -0.25) is 0 Å². The van der Waals surface area contributed by atoms with E-state index in [2.05, 4.69) is 31.2 Å². The van der Waals surface area contributed by atoms with Crippen molar-refractivity contribution in [2.45, 2.75) is 57.7 Å². The molecule has 0 amide bonds. The molecule has 0 aliphatic carbocycles. The van der Waals surface area contributed by atoms with Crippen molar-refractivity contribution in [3.8, 4) is 0 Å². The maximum absolute atomic E-state index is 10.0. The second-order valence-corrected chi connectivity index (χ2v) is 5.24. The molecule has 1 heterocycles. The van der Waals surface area contributed by atoms with Gasteiger partial charge >= 0.3 is 0 Å². The maximum Gasteiger partial charge on any atom is 0.0581 e. The zero-order valence-corrected chi connectivity index (χ0v) is 11.3. The number of hydrogen-bond donors (Lipinski definition) is 1. The Morgan fingerprint density at radius 3 is 2.61 bits per heavy atom. The largest absolute Gasteiger partial charge is 0.393 e. The SMILES string of the molecule is CCc1ccc(CC(O)CCC2CCCO2)cc1. The molecule has 1 aromatic rings. The molecule has 2 rings (SSSR count). The predicted molar refractivity (Wildman–Crippen MR) is 73.7 cm³/mol. The first kappa shape index (κ1) is 13.6. The van der Waals surface area contributed by atoms with Crippen molar-refractivity contribution in [2.24, 2.45) is 0 Å². The number of benzene rings is 1. The molecule has 1 saturated heterocycles. The van der Waals surface area contributed by atoms with Crippen LogP contribution < -0.4 is 0 Å². The van der Waals surface area contributed by atoms with Crippen molar-refractivity contribution in [3.63, 3.8) is 0 Å². The number of hydrogen-bond acceptors (Lipinski definition) is 2. The van der Waals surface area contributed by atoms with E-state index in [-0.39, 0.29) is 6.10 Å². The Labute approximate surface area is 110 Å². The molecular formula is C16H24O2. The summed E-state index contributed by atoms with van der Waals surface area (Å²) in [7, 11) is 0. The average Bonchev–Trinajstić information content (AvgIpc) is 2.90. The molecule has 1 aliphatic rings. The van der Waals surface area contributed by atoms with Crippen LogP contribution in [0.15, 0.2) is 24.3 Å². The van der Waals surface area contributed by atoms with E-state index >= 15 is 0 Å². The van der Waals surface area contributed by atoms with Crippen molar-refractivity contribution >= 4 is 0 Å². The van der Waals surface area contributed by atoms with Crippen molar-refractivity contribution in [3.05, 3.63) is 35.4 Å². The van der Waals surface area contributed by atoms with Crippen molar-refractivity contribution < 1.29 is 9.84 Å². The molecule has 2 nitrogen and oxygen atoms in total. The monoisotopic (exact) mass is 248 g/mol. The summed E-state index contributed by atoms with van der Waals surface area (Å²) in [6.07, 6.45) is 6.17. The lowest BCUT2D eigenvalue weighted by molar-refractivity contribution is 0.0813. The fourth-order valence-corrected chi connectivity index (χ4v) is 2.54.